The highest BCUT2D eigenvalue weighted by Gasteiger charge is 2.16. The van der Waals surface area contributed by atoms with Crippen LogP contribution in [-0.4, -0.2) is 25.9 Å². The van der Waals surface area contributed by atoms with E-state index in [0.29, 0.717) is 11.1 Å². The first-order valence-electron chi connectivity index (χ1n) is 6.83. The van der Waals surface area contributed by atoms with Crippen molar-refractivity contribution in [1.29, 1.82) is 0 Å². The molecule has 24 heavy (non-hydrogen) atoms. The zero-order valence-corrected chi connectivity index (χ0v) is 14.6. The highest BCUT2D eigenvalue weighted by atomic mass is 32.2. The third kappa shape index (κ3) is 4.30. The monoisotopic (exact) mass is 368 g/mol. The van der Waals surface area contributed by atoms with Crippen LogP contribution in [0.3, 0.4) is 0 Å². The van der Waals surface area contributed by atoms with Crippen molar-refractivity contribution in [1.82, 2.24) is 0 Å². The van der Waals surface area contributed by atoms with Gasteiger partial charge in [0, 0.05) is 0 Å². The SMILES string of the molecule is Cc1ccc(/C=C\c2ccc(C)cc2S(=O)(=O)O)c(S(=O)(=O)O)c1. The number of aryl methyl sites for hydroxylation is 2. The largest absolute Gasteiger partial charge is 0.295 e. The van der Waals surface area contributed by atoms with E-state index in [9.17, 15) is 25.9 Å². The Labute approximate surface area is 141 Å². The summed E-state index contributed by atoms with van der Waals surface area (Å²) in [4.78, 5) is -0.557. The molecule has 128 valence electrons. The summed E-state index contributed by atoms with van der Waals surface area (Å²) in [7, 11) is -8.85. The lowest BCUT2D eigenvalue weighted by Crippen LogP contribution is -2.02. The van der Waals surface area contributed by atoms with Crippen molar-refractivity contribution in [2.24, 2.45) is 0 Å². The summed E-state index contributed by atoms with van der Waals surface area (Å²) >= 11 is 0. The summed E-state index contributed by atoms with van der Waals surface area (Å²) in [6.07, 6.45) is 2.73. The molecule has 0 saturated carbocycles. The van der Waals surface area contributed by atoms with E-state index in [-0.39, 0.29) is 20.9 Å². The standard InChI is InChI=1S/C16H16O6S2/c1-11-3-5-13(15(9-11)23(17,18)19)7-8-14-6-4-12(2)10-16(14)24(20,21)22/h3-10H,1-2H3,(H,17,18,19)(H,20,21,22)/b8-7-. The van der Waals surface area contributed by atoms with Crippen molar-refractivity contribution >= 4 is 32.4 Å². The van der Waals surface area contributed by atoms with Crippen LogP contribution in [0.1, 0.15) is 22.3 Å². The number of hydrogen-bond acceptors (Lipinski definition) is 4. The Balaban J connectivity index is 2.59. The lowest BCUT2D eigenvalue weighted by Gasteiger charge is -2.06. The smallest absolute Gasteiger partial charge is 0.282 e. The highest BCUT2D eigenvalue weighted by Crippen LogP contribution is 2.23. The van der Waals surface area contributed by atoms with Gasteiger partial charge in [-0.15, -0.1) is 0 Å². The van der Waals surface area contributed by atoms with Gasteiger partial charge in [0.05, 0.1) is 0 Å². The molecule has 0 amide bonds. The topological polar surface area (TPSA) is 109 Å². The van der Waals surface area contributed by atoms with Gasteiger partial charge >= 0.3 is 0 Å². The van der Waals surface area contributed by atoms with Gasteiger partial charge in [-0.25, -0.2) is 0 Å². The molecule has 0 fully saturated rings. The second-order valence-corrected chi connectivity index (χ2v) is 8.15. The van der Waals surface area contributed by atoms with Crippen LogP contribution in [0, 0.1) is 13.8 Å². The van der Waals surface area contributed by atoms with Gasteiger partial charge in [0.15, 0.2) is 0 Å². The van der Waals surface area contributed by atoms with Gasteiger partial charge in [0.2, 0.25) is 0 Å². The first-order valence-corrected chi connectivity index (χ1v) is 9.71. The Morgan fingerprint density at radius 2 is 1.04 bits per heavy atom. The van der Waals surface area contributed by atoms with Crippen LogP contribution in [0.5, 0.6) is 0 Å². The van der Waals surface area contributed by atoms with E-state index >= 15 is 0 Å². The maximum atomic E-state index is 11.5. The predicted octanol–water partition coefficient (Wildman–Crippen LogP) is 2.97. The van der Waals surface area contributed by atoms with Crippen molar-refractivity contribution in [2.45, 2.75) is 23.6 Å². The summed E-state index contributed by atoms with van der Waals surface area (Å²) in [5, 5.41) is 0. The summed E-state index contributed by atoms with van der Waals surface area (Å²) in [6.45, 7) is 3.36. The summed E-state index contributed by atoms with van der Waals surface area (Å²) in [5.41, 5.74) is 1.69. The van der Waals surface area contributed by atoms with Crippen LogP contribution < -0.4 is 0 Å². The van der Waals surface area contributed by atoms with E-state index in [0.717, 1.165) is 0 Å². The zero-order valence-electron chi connectivity index (χ0n) is 13.0. The minimum atomic E-state index is -4.42. The molecule has 0 aromatic heterocycles. The average Bonchev–Trinajstić information content (AvgIpc) is 2.45. The molecule has 0 unspecified atom stereocenters. The molecule has 6 nitrogen and oxygen atoms in total. The predicted molar refractivity (Wildman–Crippen MR) is 90.9 cm³/mol. The fraction of sp³-hybridized carbons (Fsp3) is 0.125. The molecule has 0 saturated heterocycles. The molecule has 0 atom stereocenters. The maximum absolute atomic E-state index is 11.5. The van der Waals surface area contributed by atoms with Crippen LogP contribution in [-0.2, 0) is 20.2 Å². The summed E-state index contributed by atoms with van der Waals surface area (Å²) in [6, 6.07) is 8.94. The fourth-order valence-corrected chi connectivity index (χ4v) is 3.72. The van der Waals surface area contributed by atoms with Gasteiger partial charge in [-0.3, -0.25) is 9.11 Å². The van der Waals surface area contributed by atoms with Crippen molar-refractivity contribution in [3.63, 3.8) is 0 Å². The summed E-state index contributed by atoms with van der Waals surface area (Å²) in [5.74, 6) is 0. The molecule has 0 heterocycles. The van der Waals surface area contributed by atoms with Crippen LogP contribution in [0.15, 0.2) is 46.2 Å². The number of hydrogen-bond donors (Lipinski definition) is 2. The van der Waals surface area contributed by atoms with Gasteiger partial charge in [-0.2, -0.15) is 16.8 Å². The molecule has 0 bridgehead atoms. The van der Waals surface area contributed by atoms with E-state index in [2.05, 4.69) is 0 Å². The second kappa shape index (κ2) is 6.48. The molecule has 2 N–H and O–H groups in total. The van der Waals surface area contributed by atoms with Crippen molar-refractivity contribution < 1.29 is 25.9 Å². The molecule has 0 aliphatic carbocycles. The molecule has 2 rings (SSSR count). The minimum Gasteiger partial charge on any atom is -0.282 e. The molecule has 2 aromatic rings. The third-order valence-corrected chi connectivity index (χ3v) is 5.16. The molecule has 0 spiro atoms. The van der Waals surface area contributed by atoms with Crippen molar-refractivity contribution in [3.05, 3.63) is 58.7 Å². The number of benzene rings is 2. The average molecular weight is 368 g/mol. The van der Waals surface area contributed by atoms with Gasteiger partial charge in [-0.05, 0) is 48.2 Å². The van der Waals surface area contributed by atoms with Gasteiger partial charge in [0.1, 0.15) is 9.79 Å². The van der Waals surface area contributed by atoms with Crippen molar-refractivity contribution in [2.75, 3.05) is 0 Å². The third-order valence-electron chi connectivity index (χ3n) is 3.34. The van der Waals surface area contributed by atoms with Crippen LogP contribution in [0.4, 0.5) is 0 Å². The van der Waals surface area contributed by atoms with Crippen LogP contribution >= 0.6 is 0 Å². The van der Waals surface area contributed by atoms with Gasteiger partial charge < -0.3 is 0 Å². The molecule has 0 aliphatic rings. The second-order valence-electron chi connectivity index (χ2n) is 5.37. The molecule has 8 heteroatoms. The van der Waals surface area contributed by atoms with E-state index < -0.39 is 20.2 Å². The van der Waals surface area contributed by atoms with Gasteiger partial charge in [-0.1, -0.05) is 36.4 Å². The summed E-state index contributed by atoms with van der Waals surface area (Å²) < 4.78 is 64.5. The molecular weight excluding hydrogens is 352 g/mol. The van der Waals surface area contributed by atoms with Gasteiger partial charge in [0.25, 0.3) is 20.2 Å². The Kier molecular flexibility index (Phi) is 4.95. The Hall–Kier alpha value is -2.00. The van der Waals surface area contributed by atoms with E-state index in [1.165, 1.54) is 36.4 Å². The highest BCUT2D eigenvalue weighted by molar-refractivity contribution is 7.86. The van der Waals surface area contributed by atoms with Crippen LogP contribution in [0.2, 0.25) is 0 Å². The van der Waals surface area contributed by atoms with E-state index in [4.69, 9.17) is 0 Å². The Morgan fingerprint density at radius 3 is 1.33 bits per heavy atom. The molecule has 0 radical (unpaired) electrons. The Morgan fingerprint density at radius 1 is 0.708 bits per heavy atom. The maximum Gasteiger partial charge on any atom is 0.295 e. The minimum absolute atomic E-state index is 0.199. The Bertz CT molecular complexity index is 935. The molecule has 0 aliphatic heterocycles. The normalized spacial score (nSPS) is 12.7. The molecular formula is C16H16O6S2. The zero-order chi connectivity index (χ0) is 18.1. The molecule has 2 aromatic carbocycles. The van der Waals surface area contributed by atoms with Crippen molar-refractivity contribution in [3.8, 4) is 0 Å². The van der Waals surface area contributed by atoms with E-state index in [1.54, 1.807) is 26.0 Å². The lowest BCUT2D eigenvalue weighted by atomic mass is 10.1. The van der Waals surface area contributed by atoms with E-state index in [1.807, 2.05) is 0 Å². The first kappa shape index (κ1) is 18.3. The quantitative estimate of drug-likeness (QED) is 0.634. The fourth-order valence-electron chi connectivity index (χ4n) is 2.18. The van der Waals surface area contributed by atoms with Crippen LogP contribution in [0.25, 0.3) is 12.2 Å². The number of rotatable bonds is 4. The first-order chi connectivity index (χ1) is 11.0. The lowest BCUT2D eigenvalue weighted by molar-refractivity contribution is 0.480.